The minimum absolute atomic E-state index is 0.670. The van der Waals surface area contributed by atoms with Gasteiger partial charge in [0.1, 0.15) is 0 Å². The van der Waals surface area contributed by atoms with E-state index in [0.717, 1.165) is 17.9 Å². The molecule has 0 bridgehead atoms. The first-order valence-electron chi connectivity index (χ1n) is 8.55. The zero-order valence-electron chi connectivity index (χ0n) is 15.1. The lowest BCUT2D eigenvalue weighted by atomic mass is 9.95. The fraction of sp³-hybridized carbons (Fsp3) is 1.00. The smallest absolute Gasteiger partial charge is 0.00694 e. The summed E-state index contributed by atoms with van der Waals surface area (Å²) in [4.78, 5) is 0. The van der Waals surface area contributed by atoms with Crippen molar-refractivity contribution in [2.75, 3.05) is 0 Å². The fourth-order valence-electron chi connectivity index (χ4n) is 1.74. The van der Waals surface area contributed by atoms with Gasteiger partial charge in [-0.15, -0.1) is 0 Å². The molecule has 0 aromatic carbocycles. The molecule has 1 aliphatic carbocycles. The largest absolute Gasteiger partial charge is 0.312 e. The van der Waals surface area contributed by atoms with E-state index in [4.69, 9.17) is 0 Å². The Balaban J connectivity index is 0. The Morgan fingerprint density at radius 1 is 0.842 bits per heavy atom. The molecular formula is C18H41N. The van der Waals surface area contributed by atoms with Gasteiger partial charge in [-0.1, -0.05) is 81.1 Å². The molecule has 0 atom stereocenters. The van der Waals surface area contributed by atoms with Crippen LogP contribution in [0.25, 0.3) is 0 Å². The first-order valence-corrected chi connectivity index (χ1v) is 8.55. The molecule has 0 unspecified atom stereocenters. The molecule has 0 spiro atoms. The molecule has 1 rings (SSSR count). The molecule has 0 aromatic rings. The molecule has 1 aliphatic rings. The molecule has 1 saturated carbocycles. The number of rotatable bonds is 3. The minimum atomic E-state index is 0.670. The van der Waals surface area contributed by atoms with E-state index in [1.807, 2.05) is 0 Å². The van der Waals surface area contributed by atoms with Crippen molar-refractivity contribution in [2.24, 2.45) is 11.8 Å². The second-order valence-electron chi connectivity index (χ2n) is 7.19. The van der Waals surface area contributed by atoms with Crippen LogP contribution in [0.15, 0.2) is 0 Å². The molecule has 1 nitrogen and oxygen atoms in total. The van der Waals surface area contributed by atoms with Gasteiger partial charge in [0.25, 0.3) is 0 Å². The van der Waals surface area contributed by atoms with Crippen molar-refractivity contribution >= 4 is 0 Å². The van der Waals surface area contributed by atoms with Crippen molar-refractivity contribution in [3.63, 3.8) is 0 Å². The molecule has 0 aliphatic heterocycles. The molecular weight excluding hydrogens is 230 g/mol. The van der Waals surface area contributed by atoms with E-state index in [-0.39, 0.29) is 0 Å². The van der Waals surface area contributed by atoms with Crippen LogP contribution in [0.2, 0.25) is 0 Å². The maximum absolute atomic E-state index is 3.58. The van der Waals surface area contributed by atoms with Crippen molar-refractivity contribution in [2.45, 2.75) is 106 Å². The lowest BCUT2D eigenvalue weighted by Gasteiger charge is -2.24. The van der Waals surface area contributed by atoms with Crippen LogP contribution in [0.4, 0.5) is 0 Å². The molecule has 118 valence electrons. The van der Waals surface area contributed by atoms with Gasteiger partial charge in [-0.25, -0.2) is 0 Å². The Morgan fingerprint density at radius 2 is 1.21 bits per heavy atom. The zero-order valence-corrected chi connectivity index (χ0v) is 15.1. The Hall–Kier alpha value is -0.0400. The van der Waals surface area contributed by atoms with Crippen LogP contribution in [0, 0.1) is 11.8 Å². The van der Waals surface area contributed by atoms with E-state index in [2.05, 4.69) is 60.7 Å². The molecule has 0 aromatic heterocycles. The third-order valence-electron chi connectivity index (χ3n) is 2.99. The van der Waals surface area contributed by atoms with E-state index in [0.29, 0.717) is 6.04 Å². The van der Waals surface area contributed by atoms with Crippen LogP contribution in [-0.4, -0.2) is 12.1 Å². The lowest BCUT2D eigenvalue weighted by molar-refractivity contribution is 0.352. The van der Waals surface area contributed by atoms with Gasteiger partial charge in [0.05, 0.1) is 0 Å². The summed E-state index contributed by atoms with van der Waals surface area (Å²) in [5.74, 6) is 1.72. The molecule has 1 fully saturated rings. The van der Waals surface area contributed by atoms with Crippen LogP contribution in [0.5, 0.6) is 0 Å². The van der Waals surface area contributed by atoms with Crippen molar-refractivity contribution in [3.05, 3.63) is 0 Å². The predicted molar refractivity (Wildman–Crippen MR) is 90.8 cm³/mol. The summed E-state index contributed by atoms with van der Waals surface area (Å²) in [6.07, 6.45) is 8.43. The summed E-state index contributed by atoms with van der Waals surface area (Å²) >= 11 is 0. The molecule has 0 radical (unpaired) electrons. The maximum Gasteiger partial charge on any atom is 0.00694 e. The average molecular weight is 272 g/mol. The summed E-state index contributed by atoms with van der Waals surface area (Å²) in [5, 5.41) is 3.58. The highest BCUT2D eigenvalue weighted by molar-refractivity contribution is 4.73. The molecule has 0 amide bonds. The highest BCUT2D eigenvalue weighted by Crippen LogP contribution is 2.17. The van der Waals surface area contributed by atoms with Gasteiger partial charge >= 0.3 is 0 Å². The standard InChI is InChI=1S/C9H19N.C5H12.C4H10/c1-8(2)10-9-6-4-3-5-7-9;1-4-5(2)3;1-4(2)3/h8-10H,3-7H2,1-2H3;5H,4H2,1-3H3;4H,1-3H3. The van der Waals surface area contributed by atoms with E-state index in [1.165, 1.54) is 38.5 Å². The van der Waals surface area contributed by atoms with Crippen LogP contribution in [0.1, 0.15) is 93.9 Å². The Morgan fingerprint density at radius 3 is 1.47 bits per heavy atom. The average Bonchev–Trinajstić information content (AvgIpc) is 2.29. The first-order chi connectivity index (χ1) is 8.79. The number of hydrogen-bond acceptors (Lipinski definition) is 1. The summed E-state index contributed by atoms with van der Waals surface area (Å²) in [5.41, 5.74) is 0. The van der Waals surface area contributed by atoms with Gasteiger partial charge in [-0.3, -0.25) is 0 Å². The zero-order chi connectivity index (χ0) is 15.3. The second kappa shape index (κ2) is 14.4. The third kappa shape index (κ3) is 23.5. The summed E-state index contributed by atoms with van der Waals surface area (Å²) in [6, 6.07) is 1.50. The summed E-state index contributed by atoms with van der Waals surface area (Å²) < 4.78 is 0. The van der Waals surface area contributed by atoms with Crippen molar-refractivity contribution in [1.29, 1.82) is 0 Å². The second-order valence-corrected chi connectivity index (χ2v) is 7.19. The number of nitrogens with one attached hydrogen (secondary N) is 1. The van der Waals surface area contributed by atoms with Gasteiger partial charge in [0, 0.05) is 12.1 Å². The minimum Gasteiger partial charge on any atom is -0.312 e. The van der Waals surface area contributed by atoms with Gasteiger partial charge in [-0.05, 0) is 24.7 Å². The van der Waals surface area contributed by atoms with Gasteiger partial charge in [-0.2, -0.15) is 0 Å². The van der Waals surface area contributed by atoms with E-state index < -0.39 is 0 Å². The van der Waals surface area contributed by atoms with Crippen molar-refractivity contribution in [1.82, 2.24) is 5.32 Å². The quantitative estimate of drug-likeness (QED) is 0.660. The van der Waals surface area contributed by atoms with Crippen molar-refractivity contribution < 1.29 is 0 Å². The molecule has 1 N–H and O–H groups in total. The fourth-order valence-corrected chi connectivity index (χ4v) is 1.74. The number of hydrogen-bond donors (Lipinski definition) is 1. The SMILES string of the molecule is CC(C)C.CC(C)NC1CCCCC1.CCC(C)C. The van der Waals surface area contributed by atoms with Gasteiger partial charge < -0.3 is 5.32 Å². The van der Waals surface area contributed by atoms with Crippen LogP contribution < -0.4 is 5.32 Å². The van der Waals surface area contributed by atoms with Crippen molar-refractivity contribution in [3.8, 4) is 0 Å². The molecule has 0 saturated heterocycles. The Kier molecular flexibility index (Phi) is 16.1. The van der Waals surface area contributed by atoms with Gasteiger partial charge in [0.2, 0.25) is 0 Å². The van der Waals surface area contributed by atoms with Crippen LogP contribution in [0.3, 0.4) is 0 Å². The molecule has 0 heterocycles. The van der Waals surface area contributed by atoms with E-state index >= 15 is 0 Å². The molecule has 1 heteroatoms. The normalized spacial score (nSPS) is 15.9. The Labute approximate surface area is 123 Å². The van der Waals surface area contributed by atoms with Crippen LogP contribution >= 0.6 is 0 Å². The first kappa shape index (κ1) is 21.3. The highest BCUT2D eigenvalue weighted by Gasteiger charge is 2.12. The highest BCUT2D eigenvalue weighted by atomic mass is 14.9. The summed E-state index contributed by atoms with van der Waals surface area (Å²) in [7, 11) is 0. The van der Waals surface area contributed by atoms with Crippen LogP contribution in [-0.2, 0) is 0 Å². The Bertz CT molecular complexity index is 152. The van der Waals surface area contributed by atoms with Gasteiger partial charge in [0.15, 0.2) is 0 Å². The monoisotopic (exact) mass is 271 g/mol. The molecule has 19 heavy (non-hydrogen) atoms. The van der Waals surface area contributed by atoms with E-state index in [9.17, 15) is 0 Å². The predicted octanol–water partition coefficient (Wildman–Crippen LogP) is 6.03. The third-order valence-corrected chi connectivity index (χ3v) is 2.99. The summed E-state index contributed by atoms with van der Waals surface area (Å²) in [6.45, 7) is 17.6. The lowest BCUT2D eigenvalue weighted by Crippen LogP contribution is -2.35. The van der Waals surface area contributed by atoms with E-state index in [1.54, 1.807) is 0 Å². The topological polar surface area (TPSA) is 12.0 Å². The maximum atomic E-state index is 3.58.